The molecule has 2 aromatic rings. The zero-order chi connectivity index (χ0) is 13.8. The van der Waals surface area contributed by atoms with Crippen molar-refractivity contribution >= 4 is 28.1 Å². The smallest absolute Gasteiger partial charge is 0.214 e. The maximum Gasteiger partial charge on any atom is 0.214 e. The zero-order valence-corrected chi connectivity index (χ0v) is 12.8. The predicted molar refractivity (Wildman–Crippen MR) is 77.7 cm³/mol. The van der Waals surface area contributed by atoms with Crippen molar-refractivity contribution in [2.75, 3.05) is 19.6 Å². The molecule has 1 heterocycles. The highest BCUT2D eigenvalue weighted by Gasteiger charge is 2.09. The lowest BCUT2D eigenvalue weighted by Gasteiger charge is -2.13. The molecule has 0 radical (unpaired) electrons. The number of nitrogens with zero attached hydrogens (tertiary/aromatic N) is 2. The van der Waals surface area contributed by atoms with Gasteiger partial charge in [-0.3, -0.25) is 5.10 Å². The molecule has 0 spiro atoms. The Balaban J connectivity index is 2.21. The molecule has 0 aliphatic carbocycles. The van der Waals surface area contributed by atoms with E-state index in [9.17, 15) is 0 Å². The normalized spacial score (nSPS) is 10.3. The van der Waals surface area contributed by atoms with Crippen LogP contribution in [0.2, 0.25) is 0 Å². The molecule has 0 saturated heterocycles. The number of aromatic amines is 1. The van der Waals surface area contributed by atoms with Crippen molar-refractivity contribution in [3.8, 4) is 11.5 Å². The summed E-state index contributed by atoms with van der Waals surface area (Å²) in [5, 5.41) is 6.50. The summed E-state index contributed by atoms with van der Waals surface area (Å²) in [6.45, 7) is 0.564. The molecular weight excluding hydrogens is 332 g/mol. The lowest BCUT2D eigenvalue weighted by Crippen LogP contribution is -2.13. The molecule has 102 valence electrons. The van der Waals surface area contributed by atoms with Crippen LogP contribution in [0, 0.1) is 4.77 Å². The van der Waals surface area contributed by atoms with Crippen molar-refractivity contribution < 1.29 is 9.47 Å². The van der Waals surface area contributed by atoms with Gasteiger partial charge in [0.05, 0.1) is 20.8 Å². The monoisotopic (exact) mass is 344 g/mol. The fourth-order valence-corrected chi connectivity index (χ4v) is 2.19. The van der Waals surface area contributed by atoms with E-state index in [4.69, 9.17) is 21.7 Å². The molecule has 0 unspecified atom stereocenters. The number of H-pyrrole nitrogens is 1. The average molecular weight is 345 g/mol. The number of rotatable bonds is 5. The minimum Gasteiger partial charge on any atom is -0.493 e. The summed E-state index contributed by atoms with van der Waals surface area (Å²) in [5.41, 5.74) is 4.15. The number of halogens is 1. The second kappa shape index (κ2) is 6.07. The van der Waals surface area contributed by atoms with Gasteiger partial charge >= 0.3 is 0 Å². The van der Waals surface area contributed by atoms with Gasteiger partial charge in [0.2, 0.25) is 4.77 Å². The van der Waals surface area contributed by atoms with E-state index in [1.807, 2.05) is 12.1 Å². The van der Waals surface area contributed by atoms with Gasteiger partial charge in [0, 0.05) is 4.47 Å². The van der Waals surface area contributed by atoms with Crippen LogP contribution in [-0.4, -0.2) is 29.1 Å². The van der Waals surface area contributed by atoms with Gasteiger partial charge in [0.1, 0.15) is 6.33 Å². The van der Waals surface area contributed by atoms with Gasteiger partial charge in [-0.2, -0.15) is 5.10 Å². The van der Waals surface area contributed by atoms with Crippen molar-refractivity contribution in [3.63, 3.8) is 0 Å². The molecule has 2 rings (SSSR count). The topological polar surface area (TPSA) is 64.1 Å². The largest absolute Gasteiger partial charge is 0.493 e. The fraction of sp³-hybridized carbons (Fsp3) is 0.273. The fourth-order valence-electron chi connectivity index (χ4n) is 1.56. The molecule has 8 heteroatoms. The third-order valence-corrected chi connectivity index (χ3v) is 3.57. The first-order valence-electron chi connectivity index (χ1n) is 5.42. The average Bonchev–Trinajstić information content (AvgIpc) is 2.82. The van der Waals surface area contributed by atoms with Crippen molar-refractivity contribution in [1.82, 2.24) is 14.9 Å². The maximum atomic E-state index is 5.27. The van der Waals surface area contributed by atoms with Crippen LogP contribution in [0.5, 0.6) is 11.5 Å². The van der Waals surface area contributed by atoms with Crippen LogP contribution in [0.4, 0.5) is 0 Å². The molecule has 0 aliphatic heterocycles. The Morgan fingerprint density at radius 1 is 1.37 bits per heavy atom. The standard InChI is InChI=1S/C11H13BrN4O2S/c1-17-9-3-7(8(12)4-10(9)18-2)5-14-16-6-13-15-11(16)19/h3-4,6,14H,5H2,1-2H3,(H,15,19). The molecule has 0 bridgehead atoms. The SMILES string of the molecule is COc1cc(Br)c(CNn2cn[nH]c2=S)cc1OC. The van der Waals surface area contributed by atoms with Crippen molar-refractivity contribution in [2.24, 2.45) is 0 Å². The van der Waals surface area contributed by atoms with Gasteiger partial charge in [0.15, 0.2) is 11.5 Å². The zero-order valence-electron chi connectivity index (χ0n) is 10.4. The van der Waals surface area contributed by atoms with E-state index in [-0.39, 0.29) is 0 Å². The van der Waals surface area contributed by atoms with E-state index in [1.165, 1.54) is 0 Å². The maximum absolute atomic E-state index is 5.27. The number of ether oxygens (including phenoxy) is 2. The lowest BCUT2D eigenvalue weighted by molar-refractivity contribution is 0.354. The lowest BCUT2D eigenvalue weighted by atomic mass is 10.2. The van der Waals surface area contributed by atoms with Gasteiger partial charge in [-0.1, -0.05) is 15.9 Å². The first kappa shape index (κ1) is 13.9. The van der Waals surface area contributed by atoms with E-state index in [1.54, 1.807) is 25.2 Å². The van der Waals surface area contributed by atoms with Gasteiger partial charge in [-0.25, -0.2) is 4.68 Å². The summed E-state index contributed by atoms with van der Waals surface area (Å²) in [5.74, 6) is 1.36. The van der Waals surface area contributed by atoms with Crippen LogP contribution >= 0.6 is 28.1 Å². The second-order valence-corrected chi connectivity index (χ2v) is 4.91. The third kappa shape index (κ3) is 3.07. The highest BCUT2D eigenvalue weighted by atomic mass is 79.9. The molecule has 0 aliphatic rings. The third-order valence-electron chi connectivity index (χ3n) is 2.54. The van der Waals surface area contributed by atoms with E-state index in [2.05, 4.69) is 31.6 Å². The highest BCUT2D eigenvalue weighted by molar-refractivity contribution is 9.10. The van der Waals surface area contributed by atoms with Gasteiger partial charge in [-0.15, -0.1) is 0 Å². The van der Waals surface area contributed by atoms with Crippen molar-refractivity contribution in [1.29, 1.82) is 0 Å². The molecule has 1 aromatic heterocycles. The molecule has 0 saturated carbocycles. The van der Waals surface area contributed by atoms with E-state index >= 15 is 0 Å². The Morgan fingerprint density at radius 3 is 2.63 bits per heavy atom. The van der Waals surface area contributed by atoms with Gasteiger partial charge in [-0.05, 0) is 29.9 Å². The minimum atomic E-state index is 0.511. The van der Waals surface area contributed by atoms with Crippen molar-refractivity contribution in [2.45, 2.75) is 6.54 Å². The van der Waals surface area contributed by atoms with Crippen molar-refractivity contribution in [3.05, 3.63) is 33.3 Å². The van der Waals surface area contributed by atoms with E-state index in [0.717, 1.165) is 10.0 Å². The summed E-state index contributed by atoms with van der Waals surface area (Å²) in [4.78, 5) is 0. The van der Waals surface area contributed by atoms with Crippen LogP contribution in [0.1, 0.15) is 5.56 Å². The Morgan fingerprint density at radius 2 is 2.05 bits per heavy atom. The molecule has 6 nitrogen and oxygen atoms in total. The number of methoxy groups -OCH3 is 2. The Bertz CT molecular complexity index is 625. The molecular formula is C11H13BrN4O2S. The summed E-state index contributed by atoms with van der Waals surface area (Å²) in [6, 6.07) is 3.77. The summed E-state index contributed by atoms with van der Waals surface area (Å²) >= 11 is 8.55. The van der Waals surface area contributed by atoms with Gasteiger partial charge in [0.25, 0.3) is 0 Å². The molecule has 1 aromatic carbocycles. The van der Waals surface area contributed by atoms with E-state index in [0.29, 0.717) is 22.8 Å². The van der Waals surface area contributed by atoms with Crippen LogP contribution < -0.4 is 14.9 Å². The Labute approximate surface area is 123 Å². The second-order valence-electron chi connectivity index (χ2n) is 3.67. The van der Waals surface area contributed by atoms with Gasteiger partial charge < -0.3 is 14.9 Å². The first-order chi connectivity index (χ1) is 9.15. The summed E-state index contributed by atoms with van der Waals surface area (Å²) < 4.78 is 13.6. The Kier molecular flexibility index (Phi) is 4.43. The predicted octanol–water partition coefficient (Wildman–Crippen LogP) is 2.46. The van der Waals surface area contributed by atoms with Crippen LogP contribution in [0.25, 0.3) is 0 Å². The first-order valence-corrected chi connectivity index (χ1v) is 6.62. The number of aromatic nitrogens is 3. The molecule has 2 N–H and O–H groups in total. The number of nitrogens with one attached hydrogen (secondary N) is 2. The quantitative estimate of drug-likeness (QED) is 0.815. The number of hydrogen-bond donors (Lipinski definition) is 2. The summed E-state index contributed by atoms with van der Waals surface area (Å²) in [6.07, 6.45) is 1.58. The number of hydrogen-bond acceptors (Lipinski definition) is 5. The molecule has 0 amide bonds. The van der Waals surface area contributed by atoms with Crippen LogP contribution in [0.15, 0.2) is 22.9 Å². The molecule has 0 atom stereocenters. The molecule has 0 fully saturated rings. The summed E-state index contributed by atoms with van der Waals surface area (Å²) in [7, 11) is 3.21. The van der Waals surface area contributed by atoms with Crippen LogP contribution in [0.3, 0.4) is 0 Å². The Hall–Kier alpha value is -1.54. The molecule has 19 heavy (non-hydrogen) atoms. The number of benzene rings is 1. The van der Waals surface area contributed by atoms with E-state index < -0.39 is 0 Å². The minimum absolute atomic E-state index is 0.511. The highest BCUT2D eigenvalue weighted by Crippen LogP contribution is 2.33. The van der Waals surface area contributed by atoms with Crippen LogP contribution in [-0.2, 0) is 6.54 Å².